The largest absolute Gasteiger partial charge is 0.481 e. The van der Waals surface area contributed by atoms with E-state index in [1.807, 2.05) is 0 Å². The van der Waals surface area contributed by atoms with Crippen molar-refractivity contribution in [2.75, 3.05) is 0 Å². The van der Waals surface area contributed by atoms with Crippen LogP contribution in [0.25, 0.3) is 0 Å². The maximum Gasteiger partial charge on any atom is 0.306 e. The molecule has 1 saturated carbocycles. The van der Waals surface area contributed by atoms with Crippen LogP contribution in [0, 0.1) is 17.6 Å². The van der Waals surface area contributed by atoms with Crippen LogP contribution in [0.4, 0.5) is 8.78 Å². The highest BCUT2D eigenvalue weighted by atomic mass is 19.2. The molecule has 0 bridgehead atoms. The Morgan fingerprint density at radius 2 is 1.95 bits per heavy atom. The van der Waals surface area contributed by atoms with E-state index in [0.29, 0.717) is 19.3 Å². The van der Waals surface area contributed by atoms with Crippen LogP contribution in [0.1, 0.15) is 29.6 Å². The van der Waals surface area contributed by atoms with Crippen LogP contribution in [0.3, 0.4) is 0 Å². The Kier molecular flexibility index (Phi) is 3.78. The number of carbonyl (C=O) groups is 2. The normalized spacial score (nSPS) is 22.2. The van der Waals surface area contributed by atoms with E-state index in [2.05, 4.69) is 5.32 Å². The van der Waals surface area contributed by atoms with E-state index in [4.69, 9.17) is 5.11 Å². The summed E-state index contributed by atoms with van der Waals surface area (Å²) >= 11 is 0. The van der Waals surface area contributed by atoms with Gasteiger partial charge < -0.3 is 10.4 Å². The summed E-state index contributed by atoms with van der Waals surface area (Å²) in [6, 6.07) is 2.67. The molecule has 1 aromatic rings. The van der Waals surface area contributed by atoms with Gasteiger partial charge in [0, 0.05) is 11.6 Å². The number of nitrogens with one attached hydrogen (secondary N) is 1. The second-order valence-corrected chi connectivity index (χ2v) is 4.65. The molecule has 1 fully saturated rings. The average molecular weight is 269 g/mol. The maximum atomic E-state index is 13.0. The molecule has 0 aromatic heterocycles. The van der Waals surface area contributed by atoms with Crippen LogP contribution < -0.4 is 5.32 Å². The number of carboxylic acid groups (broad SMARTS) is 1. The van der Waals surface area contributed by atoms with E-state index >= 15 is 0 Å². The van der Waals surface area contributed by atoms with Crippen LogP contribution in [0.15, 0.2) is 18.2 Å². The van der Waals surface area contributed by atoms with Crippen molar-refractivity contribution in [3.05, 3.63) is 35.4 Å². The van der Waals surface area contributed by atoms with Crippen LogP contribution in [-0.4, -0.2) is 23.0 Å². The van der Waals surface area contributed by atoms with E-state index in [-0.39, 0.29) is 11.6 Å². The van der Waals surface area contributed by atoms with Crippen molar-refractivity contribution in [3.63, 3.8) is 0 Å². The number of hydrogen-bond donors (Lipinski definition) is 2. The first-order chi connectivity index (χ1) is 8.97. The van der Waals surface area contributed by atoms with E-state index in [9.17, 15) is 18.4 Å². The molecule has 1 amide bonds. The Bertz CT molecular complexity index is 519. The number of rotatable bonds is 3. The molecule has 2 N–H and O–H groups in total. The molecular weight excluding hydrogens is 256 g/mol. The van der Waals surface area contributed by atoms with Crippen molar-refractivity contribution in [3.8, 4) is 0 Å². The summed E-state index contributed by atoms with van der Waals surface area (Å²) in [5, 5.41) is 11.5. The van der Waals surface area contributed by atoms with Crippen molar-refractivity contribution in [2.24, 2.45) is 5.92 Å². The van der Waals surface area contributed by atoms with Gasteiger partial charge in [-0.25, -0.2) is 8.78 Å². The topological polar surface area (TPSA) is 66.4 Å². The zero-order valence-corrected chi connectivity index (χ0v) is 10.0. The van der Waals surface area contributed by atoms with Gasteiger partial charge >= 0.3 is 5.97 Å². The van der Waals surface area contributed by atoms with E-state index in [1.54, 1.807) is 0 Å². The molecule has 0 heterocycles. The number of carbonyl (C=O) groups excluding carboxylic acids is 1. The number of halogens is 2. The molecule has 2 atom stereocenters. The Labute approximate surface area is 108 Å². The predicted octanol–water partition coefficient (Wildman–Crippen LogP) is 1.95. The van der Waals surface area contributed by atoms with Crippen molar-refractivity contribution in [1.29, 1.82) is 0 Å². The van der Waals surface area contributed by atoms with Crippen molar-refractivity contribution in [1.82, 2.24) is 5.32 Å². The van der Waals surface area contributed by atoms with Gasteiger partial charge in [-0.3, -0.25) is 9.59 Å². The third-order valence-electron chi connectivity index (χ3n) is 3.30. The first-order valence-corrected chi connectivity index (χ1v) is 5.96. The SMILES string of the molecule is O=C(N[C@H]1CC[C@@H](C(=O)O)C1)c1ccc(F)c(F)c1. The predicted molar refractivity (Wildman–Crippen MR) is 62.6 cm³/mol. The second kappa shape index (κ2) is 5.34. The van der Waals surface area contributed by atoms with Crippen molar-refractivity contribution in [2.45, 2.75) is 25.3 Å². The van der Waals surface area contributed by atoms with Gasteiger partial charge in [0.05, 0.1) is 5.92 Å². The van der Waals surface area contributed by atoms with Gasteiger partial charge in [0.2, 0.25) is 0 Å². The van der Waals surface area contributed by atoms with Crippen molar-refractivity contribution < 1.29 is 23.5 Å². The van der Waals surface area contributed by atoms with Gasteiger partial charge in [-0.2, -0.15) is 0 Å². The molecule has 0 aliphatic heterocycles. The third kappa shape index (κ3) is 3.07. The summed E-state index contributed by atoms with van der Waals surface area (Å²) < 4.78 is 25.7. The van der Waals surface area contributed by atoms with Gasteiger partial charge in [-0.15, -0.1) is 0 Å². The Balaban J connectivity index is 1.98. The number of benzene rings is 1. The summed E-state index contributed by atoms with van der Waals surface area (Å²) in [5.74, 6) is -3.93. The minimum atomic E-state index is -1.08. The lowest BCUT2D eigenvalue weighted by Gasteiger charge is -2.12. The number of hydrogen-bond acceptors (Lipinski definition) is 2. The molecular formula is C13H13F2NO3. The Morgan fingerprint density at radius 1 is 1.21 bits per heavy atom. The lowest BCUT2D eigenvalue weighted by molar-refractivity contribution is -0.141. The van der Waals surface area contributed by atoms with Gasteiger partial charge in [0.25, 0.3) is 5.91 Å². The van der Waals surface area contributed by atoms with Crippen LogP contribution in [-0.2, 0) is 4.79 Å². The fourth-order valence-corrected chi connectivity index (χ4v) is 2.24. The van der Waals surface area contributed by atoms with Crippen LogP contribution in [0.5, 0.6) is 0 Å². The van der Waals surface area contributed by atoms with Crippen molar-refractivity contribution >= 4 is 11.9 Å². The monoisotopic (exact) mass is 269 g/mol. The number of aliphatic carboxylic acids is 1. The lowest BCUT2D eigenvalue weighted by Crippen LogP contribution is -2.33. The fraction of sp³-hybridized carbons (Fsp3) is 0.385. The zero-order valence-electron chi connectivity index (χ0n) is 10.0. The van der Waals surface area contributed by atoms with E-state index in [0.717, 1.165) is 12.1 Å². The summed E-state index contributed by atoms with van der Waals surface area (Å²) in [6.07, 6.45) is 1.45. The number of carboxylic acids is 1. The molecule has 0 radical (unpaired) electrons. The lowest BCUT2D eigenvalue weighted by atomic mass is 10.1. The highest BCUT2D eigenvalue weighted by molar-refractivity contribution is 5.94. The molecule has 4 nitrogen and oxygen atoms in total. The summed E-state index contributed by atoms with van der Waals surface area (Å²) in [5.41, 5.74) is 0.0256. The summed E-state index contributed by atoms with van der Waals surface area (Å²) in [4.78, 5) is 22.6. The first-order valence-electron chi connectivity index (χ1n) is 5.96. The molecule has 6 heteroatoms. The fourth-order valence-electron chi connectivity index (χ4n) is 2.24. The average Bonchev–Trinajstić information content (AvgIpc) is 2.81. The molecule has 0 saturated heterocycles. The third-order valence-corrected chi connectivity index (χ3v) is 3.30. The Hall–Kier alpha value is -1.98. The van der Waals surface area contributed by atoms with Gasteiger partial charge in [-0.1, -0.05) is 0 Å². The van der Waals surface area contributed by atoms with Gasteiger partial charge in [0.15, 0.2) is 11.6 Å². The minimum absolute atomic E-state index is 0.0256. The maximum absolute atomic E-state index is 13.0. The van der Waals surface area contributed by atoms with E-state index in [1.165, 1.54) is 6.07 Å². The highest BCUT2D eigenvalue weighted by Crippen LogP contribution is 2.25. The van der Waals surface area contributed by atoms with Crippen LogP contribution >= 0.6 is 0 Å². The minimum Gasteiger partial charge on any atom is -0.481 e. The molecule has 1 aliphatic rings. The summed E-state index contributed by atoms with van der Waals surface area (Å²) in [7, 11) is 0. The van der Waals surface area contributed by atoms with E-state index < -0.39 is 29.4 Å². The second-order valence-electron chi connectivity index (χ2n) is 4.65. The van der Waals surface area contributed by atoms with Gasteiger partial charge in [0.1, 0.15) is 0 Å². The quantitative estimate of drug-likeness (QED) is 0.881. The number of amides is 1. The molecule has 19 heavy (non-hydrogen) atoms. The molecule has 0 spiro atoms. The molecule has 1 aromatic carbocycles. The Morgan fingerprint density at radius 3 is 2.53 bits per heavy atom. The molecule has 2 rings (SSSR count). The molecule has 102 valence electrons. The highest BCUT2D eigenvalue weighted by Gasteiger charge is 2.30. The standard InChI is InChI=1S/C13H13F2NO3/c14-10-4-2-7(6-11(10)15)12(17)16-9-3-1-8(5-9)13(18)19/h2,4,6,8-9H,1,3,5H2,(H,16,17)(H,18,19)/t8-,9+/m1/s1. The molecule has 1 aliphatic carbocycles. The zero-order chi connectivity index (χ0) is 14.0. The smallest absolute Gasteiger partial charge is 0.306 e. The van der Waals surface area contributed by atoms with Gasteiger partial charge in [-0.05, 0) is 37.5 Å². The summed E-state index contributed by atoms with van der Waals surface area (Å²) in [6.45, 7) is 0. The molecule has 0 unspecified atom stereocenters. The van der Waals surface area contributed by atoms with Crippen LogP contribution in [0.2, 0.25) is 0 Å². The first kappa shape index (κ1) is 13.5.